The van der Waals surface area contributed by atoms with Crippen LogP contribution in [0.25, 0.3) is 21.3 Å². The fourth-order valence-corrected chi connectivity index (χ4v) is 3.44. The summed E-state index contributed by atoms with van der Waals surface area (Å²) in [5.41, 5.74) is 2.78. The first kappa shape index (κ1) is 17.3. The highest BCUT2D eigenvalue weighted by Crippen LogP contribution is 2.30. The number of aryl methyl sites for hydroxylation is 1. The second-order valence-corrected chi connectivity index (χ2v) is 6.57. The zero-order valence-electron chi connectivity index (χ0n) is 14.1. The number of thiophene rings is 1. The topological polar surface area (TPSA) is 73.2 Å². The van der Waals surface area contributed by atoms with Gasteiger partial charge in [0.1, 0.15) is 11.4 Å². The molecule has 3 aromatic rings. The Balaban J connectivity index is 1.93. The highest BCUT2D eigenvalue weighted by molar-refractivity contribution is 7.17. The molecular formula is C18H19N3O3S. The van der Waals surface area contributed by atoms with Crippen LogP contribution in [0.5, 0.6) is 0 Å². The van der Waals surface area contributed by atoms with E-state index in [2.05, 4.69) is 10.3 Å². The summed E-state index contributed by atoms with van der Waals surface area (Å²) in [7, 11) is 1.57. The van der Waals surface area contributed by atoms with Gasteiger partial charge in [-0.1, -0.05) is 29.8 Å². The van der Waals surface area contributed by atoms with Gasteiger partial charge < -0.3 is 10.1 Å². The number of nitrogens with zero attached hydrogens (tertiary/aromatic N) is 2. The Morgan fingerprint density at radius 1 is 1.32 bits per heavy atom. The molecule has 0 bridgehead atoms. The minimum atomic E-state index is -0.243. The van der Waals surface area contributed by atoms with Gasteiger partial charge >= 0.3 is 0 Å². The maximum absolute atomic E-state index is 12.8. The molecule has 0 saturated heterocycles. The lowest BCUT2D eigenvalue weighted by Crippen LogP contribution is -2.34. The van der Waals surface area contributed by atoms with Crippen LogP contribution in [0.15, 0.2) is 40.8 Å². The van der Waals surface area contributed by atoms with Gasteiger partial charge in [-0.3, -0.25) is 14.2 Å². The number of benzene rings is 1. The summed E-state index contributed by atoms with van der Waals surface area (Å²) in [5, 5.41) is 5.20. The summed E-state index contributed by atoms with van der Waals surface area (Å²) in [6.07, 6.45) is 1.43. The zero-order chi connectivity index (χ0) is 17.8. The van der Waals surface area contributed by atoms with E-state index in [1.807, 2.05) is 36.6 Å². The third kappa shape index (κ3) is 3.78. The van der Waals surface area contributed by atoms with Crippen LogP contribution >= 0.6 is 11.3 Å². The lowest BCUT2D eigenvalue weighted by Gasteiger charge is -2.07. The largest absolute Gasteiger partial charge is 0.383 e. The van der Waals surface area contributed by atoms with E-state index in [1.165, 1.54) is 22.2 Å². The first-order chi connectivity index (χ1) is 12.1. The smallest absolute Gasteiger partial charge is 0.263 e. The molecule has 2 heterocycles. The first-order valence-electron chi connectivity index (χ1n) is 7.89. The quantitative estimate of drug-likeness (QED) is 0.687. The second kappa shape index (κ2) is 7.58. The molecule has 1 N–H and O–H groups in total. The Labute approximate surface area is 149 Å². The SMILES string of the molecule is COCCNC(=O)Cn1cnc2scc(-c3ccc(C)cc3)c2c1=O. The van der Waals surface area contributed by atoms with Gasteiger partial charge in [0.25, 0.3) is 5.56 Å². The number of rotatable bonds is 6. The molecule has 0 spiro atoms. The van der Waals surface area contributed by atoms with Gasteiger partial charge in [-0.05, 0) is 12.5 Å². The van der Waals surface area contributed by atoms with E-state index in [0.717, 1.165) is 16.7 Å². The van der Waals surface area contributed by atoms with Gasteiger partial charge in [0.15, 0.2) is 0 Å². The average molecular weight is 357 g/mol. The number of ether oxygens (including phenoxy) is 1. The van der Waals surface area contributed by atoms with Crippen LogP contribution in [0.4, 0.5) is 0 Å². The minimum Gasteiger partial charge on any atom is -0.383 e. The Bertz CT molecular complexity index is 944. The van der Waals surface area contributed by atoms with Crippen molar-refractivity contribution in [1.82, 2.24) is 14.9 Å². The molecule has 1 amide bonds. The van der Waals surface area contributed by atoms with Crippen LogP contribution in [0.1, 0.15) is 5.56 Å². The zero-order valence-corrected chi connectivity index (χ0v) is 14.9. The lowest BCUT2D eigenvalue weighted by atomic mass is 10.1. The van der Waals surface area contributed by atoms with Crippen LogP contribution < -0.4 is 10.9 Å². The van der Waals surface area contributed by atoms with Crippen LogP contribution in [0.2, 0.25) is 0 Å². The number of amides is 1. The third-order valence-corrected chi connectivity index (χ3v) is 4.75. The summed E-state index contributed by atoms with van der Waals surface area (Å²) in [5.74, 6) is -0.243. The lowest BCUT2D eigenvalue weighted by molar-refractivity contribution is -0.121. The number of nitrogens with one attached hydrogen (secondary N) is 1. The summed E-state index contributed by atoms with van der Waals surface area (Å²) in [6.45, 7) is 2.80. The Morgan fingerprint density at radius 2 is 2.08 bits per heavy atom. The molecule has 1 aromatic carbocycles. The molecule has 7 heteroatoms. The van der Waals surface area contributed by atoms with Crippen molar-refractivity contribution in [3.8, 4) is 11.1 Å². The Kier molecular flexibility index (Phi) is 5.25. The third-order valence-electron chi connectivity index (χ3n) is 3.87. The number of fused-ring (bicyclic) bond motifs is 1. The fourth-order valence-electron chi connectivity index (χ4n) is 2.53. The molecule has 0 unspecified atom stereocenters. The number of aromatic nitrogens is 2. The molecule has 6 nitrogen and oxygen atoms in total. The maximum atomic E-state index is 12.8. The van der Waals surface area contributed by atoms with Crippen molar-refractivity contribution in [3.63, 3.8) is 0 Å². The first-order valence-corrected chi connectivity index (χ1v) is 8.77. The summed E-state index contributed by atoms with van der Waals surface area (Å²) in [6, 6.07) is 8.00. The molecule has 0 fully saturated rings. The van der Waals surface area contributed by atoms with Gasteiger partial charge in [0, 0.05) is 24.6 Å². The highest BCUT2D eigenvalue weighted by Gasteiger charge is 2.14. The molecule has 0 aliphatic carbocycles. The second-order valence-electron chi connectivity index (χ2n) is 5.72. The van der Waals surface area contributed by atoms with E-state index in [0.29, 0.717) is 23.4 Å². The number of methoxy groups -OCH3 is 1. The highest BCUT2D eigenvalue weighted by atomic mass is 32.1. The van der Waals surface area contributed by atoms with Gasteiger partial charge in [0.2, 0.25) is 5.91 Å². The Morgan fingerprint density at radius 3 is 2.80 bits per heavy atom. The fraction of sp³-hybridized carbons (Fsp3) is 0.278. The summed E-state index contributed by atoms with van der Waals surface area (Å²) in [4.78, 5) is 29.8. The van der Waals surface area contributed by atoms with Crippen molar-refractivity contribution in [3.05, 3.63) is 51.9 Å². The maximum Gasteiger partial charge on any atom is 0.263 e. The molecule has 25 heavy (non-hydrogen) atoms. The van der Waals surface area contributed by atoms with Crippen LogP contribution in [0, 0.1) is 6.92 Å². The van der Waals surface area contributed by atoms with Crippen molar-refractivity contribution >= 4 is 27.5 Å². The summed E-state index contributed by atoms with van der Waals surface area (Å²) < 4.78 is 6.23. The molecular weight excluding hydrogens is 338 g/mol. The van der Waals surface area contributed by atoms with Crippen molar-refractivity contribution < 1.29 is 9.53 Å². The van der Waals surface area contributed by atoms with E-state index in [-0.39, 0.29) is 18.0 Å². The van der Waals surface area contributed by atoms with Gasteiger partial charge in [-0.2, -0.15) is 0 Å². The predicted octanol–water partition coefficient (Wildman–Crippen LogP) is 2.20. The molecule has 0 radical (unpaired) electrons. The standard InChI is InChI=1S/C18H19N3O3S/c1-12-3-5-13(6-4-12)14-10-25-17-16(14)18(23)21(11-20-17)9-15(22)19-7-8-24-2/h3-6,10-11H,7-9H2,1-2H3,(H,19,22). The molecule has 0 aliphatic rings. The molecule has 3 rings (SSSR count). The number of hydrogen-bond donors (Lipinski definition) is 1. The van der Waals surface area contributed by atoms with Crippen LogP contribution in [-0.2, 0) is 16.1 Å². The van der Waals surface area contributed by atoms with Gasteiger partial charge in [-0.25, -0.2) is 4.98 Å². The number of carbonyl (C=O) groups is 1. The van der Waals surface area contributed by atoms with E-state index >= 15 is 0 Å². The van der Waals surface area contributed by atoms with Crippen molar-refractivity contribution in [2.24, 2.45) is 0 Å². The minimum absolute atomic E-state index is 0.0608. The van der Waals surface area contributed by atoms with Gasteiger partial charge in [-0.15, -0.1) is 11.3 Å². The molecule has 130 valence electrons. The average Bonchev–Trinajstić information content (AvgIpc) is 3.03. The van der Waals surface area contributed by atoms with E-state index < -0.39 is 0 Å². The number of carbonyl (C=O) groups excluding carboxylic acids is 1. The van der Waals surface area contributed by atoms with Crippen LogP contribution in [-0.4, -0.2) is 35.7 Å². The van der Waals surface area contributed by atoms with Crippen LogP contribution in [0.3, 0.4) is 0 Å². The van der Waals surface area contributed by atoms with Crippen molar-refractivity contribution in [2.45, 2.75) is 13.5 Å². The normalized spacial score (nSPS) is 11.0. The monoisotopic (exact) mass is 357 g/mol. The molecule has 0 atom stereocenters. The van der Waals surface area contributed by atoms with E-state index in [4.69, 9.17) is 4.74 Å². The molecule has 0 saturated carbocycles. The molecule has 2 aromatic heterocycles. The van der Waals surface area contributed by atoms with Crippen molar-refractivity contribution in [2.75, 3.05) is 20.3 Å². The van der Waals surface area contributed by atoms with E-state index in [1.54, 1.807) is 7.11 Å². The summed E-state index contributed by atoms with van der Waals surface area (Å²) >= 11 is 1.43. The molecule has 0 aliphatic heterocycles. The van der Waals surface area contributed by atoms with Crippen molar-refractivity contribution in [1.29, 1.82) is 0 Å². The predicted molar refractivity (Wildman–Crippen MR) is 98.9 cm³/mol. The van der Waals surface area contributed by atoms with E-state index in [9.17, 15) is 9.59 Å². The number of hydrogen-bond acceptors (Lipinski definition) is 5. The Hall–Kier alpha value is -2.51. The van der Waals surface area contributed by atoms with Gasteiger partial charge in [0.05, 0.1) is 18.3 Å².